The summed E-state index contributed by atoms with van der Waals surface area (Å²) in [5.74, 6) is -1.14. The molecule has 2 aromatic rings. The highest BCUT2D eigenvalue weighted by Gasteiger charge is 2.40. The summed E-state index contributed by atoms with van der Waals surface area (Å²) in [5.41, 5.74) is 7.25. The molecule has 0 bridgehead atoms. The number of hydrazine groups is 1. The van der Waals surface area contributed by atoms with Gasteiger partial charge in [0.15, 0.2) is 0 Å². The quantitative estimate of drug-likeness (QED) is 0.596. The SMILES string of the molecule is O=C1NNC(Cc2ccc(F)c(C(=O)N3CCN(C(=O)c4ccncc4)CC3)c2)C2NCCCC12. The normalized spacial score (nSPS) is 24.5. The first kappa shape index (κ1) is 23.4. The van der Waals surface area contributed by atoms with E-state index in [1.165, 1.54) is 6.07 Å². The maximum atomic E-state index is 14.7. The topological polar surface area (TPSA) is 107 Å². The molecule has 0 saturated carbocycles. The third kappa shape index (κ3) is 4.89. The summed E-state index contributed by atoms with van der Waals surface area (Å²) in [7, 11) is 0. The lowest BCUT2D eigenvalue weighted by Gasteiger charge is -2.41. The minimum Gasteiger partial charge on any atom is -0.335 e. The van der Waals surface area contributed by atoms with Crippen LogP contribution >= 0.6 is 0 Å². The van der Waals surface area contributed by atoms with Gasteiger partial charge in [0.1, 0.15) is 5.82 Å². The number of carbonyl (C=O) groups excluding carboxylic acids is 3. The molecule has 0 spiro atoms. The van der Waals surface area contributed by atoms with Crippen molar-refractivity contribution in [2.75, 3.05) is 32.7 Å². The summed E-state index contributed by atoms with van der Waals surface area (Å²) in [4.78, 5) is 45.2. The first-order chi connectivity index (χ1) is 17.0. The molecule has 3 fully saturated rings. The lowest BCUT2D eigenvalue weighted by Crippen LogP contribution is -2.67. The van der Waals surface area contributed by atoms with Crippen LogP contribution in [-0.4, -0.2) is 77.3 Å². The second-order valence-electron chi connectivity index (χ2n) is 9.31. The van der Waals surface area contributed by atoms with Gasteiger partial charge in [-0.1, -0.05) is 6.07 Å². The van der Waals surface area contributed by atoms with Crippen LogP contribution in [0.5, 0.6) is 0 Å². The van der Waals surface area contributed by atoms with E-state index in [0.29, 0.717) is 38.2 Å². The van der Waals surface area contributed by atoms with Crippen LogP contribution in [0.1, 0.15) is 39.1 Å². The van der Waals surface area contributed by atoms with Crippen molar-refractivity contribution in [3.63, 3.8) is 0 Å². The third-order valence-electron chi connectivity index (χ3n) is 7.15. The fourth-order valence-corrected chi connectivity index (χ4v) is 5.23. The second-order valence-corrected chi connectivity index (χ2v) is 9.31. The van der Waals surface area contributed by atoms with Gasteiger partial charge in [-0.05, 0) is 55.6 Å². The van der Waals surface area contributed by atoms with Crippen LogP contribution < -0.4 is 16.2 Å². The molecule has 0 radical (unpaired) electrons. The van der Waals surface area contributed by atoms with E-state index in [0.717, 1.165) is 24.9 Å². The lowest BCUT2D eigenvalue weighted by molar-refractivity contribution is -0.131. The molecule has 1 aromatic heterocycles. The van der Waals surface area contributed by atoms with Crippen LogP contribution in [0.15, 0.2) is 42.7 Å². The predicted molar refractivity (Wildman–Crippen MR) is 126 cm³/mol. The van der Waals surface area contributed by atoms with Gasteiger partial charge in [0, 0.05) is 56.2 Å². The number of rotatable bonds is 4. The number of benzene rings is 1. The highest BCUT2D eigenvalue weighted by Crippen LogP contribution is 2.24. The molecular formula is C25H29FN6O3. The van der Waals surface area contributed by atoms with Crippen molar-refractivity contribution in [2.24, 2.45) is 5.92 Å². The van der Waals surface area contributed by atoms with Crippen LogP contribution in [0.3, 0.4) is 0 Å². The number of fused-ring (bicyclic) bond motifs is 1. The number of halogens is 1. The lowest BCUT2D eigenvalue weighted by atomic mass is 9.82. The van der Waals surface area contributed by atoms with Gasteiger partial charge >= 0.3 is 0 Å². The highest BCUT2D eigenvalue weighted by atomic mass is 19.1. The maximum Gasteiger partial charge on any atom is 0.256 e. The van der Waals surface area contributed by atoms with Gasteiger partial charge < -0.3 is 15.1 Å². The van der Waals surface area contributed by atoms with Gasteiger partial charge in [0.25, 0.3) is 11.8 Å². The zero-order valence-electron chi connectivity index (χ0n) is 19.4. The van der Waals surface area contributed by atoms with Crippen molar-refractivity contribution in [3.05, 3.63) is 65.2 Å². The minimum absolute atomic E-state index is 0.00465. The van der Waals surface area contributed by atoms with Gasteiger partial charge in [-0.15, -0.1) is 0 Å². The van der Waals surface area contributed by atoms with E-state index >= 15 is 0 Å². The van der Waals surface area contributed by atoms with Crippen LogP contribution in [0.4, 0.5) is 4.39 Å². The summed E-state index contributed by atoms with van der Waals surface area (Å²) in [6.45, 7) is 2.30. The number of nitrogens with zero attached hydrogens (tertiary/aromatic N) is 3. The van der Waals surface area contributed by atoms with Crippen molar-refractivity contribution >= 4 is 17.7 Å². The number of amides is 3. The van der Waals surface area contributed by atoms with Crippen molar-refractivity contribution in [3.8, 4) is 0 Å². The number of pyridine rings is 1. The fourth-order valence-electron chi connectivity index (χ4n) is 5.23. The minimum atomic E-state index is -0.562. The number of piperazine rings is 1. The first-order valence-electron chi connectivity index (χ1n) is 12.1. The standard InChI is InChI=1S/C25H29FN6O3/c26-20-4-3-16(15-21-22-18(2-1-7-28-22)23(33)30-29-21)14-19(20)25(35)32-12-10-31(11-13-32)24(34)17-5-8-27-9-6-17/h3-6,8-9,14,18,21-22,28-29H,1-2,7,10-13,15H2,(H,30,33). The molecule has 4 heterocycles. The fraction of sp³-hybridized carbons (Fsp3) is 0.440. The molecule has 10 heteroatoms. The largest absolute Gasteiger partial charge is 0.335 e. The zero-order valence-corrected chi connectivity index (χ0v) is 19.4. The summed E-state index contributed by atoms with van der Waals surface area (Å²) in [5, 5.41) is 3.44. The summed E-state index contributed by atoms with van der Waals surface area (Å²) >= 11 is 0. The monoisotopic (exact) mass is 480 g/mol. The van der Waals surface area contributed by atoms with Crippen molar-refractivity contribution in [1.82, 2.24) is 31.0 Å². The molecule has 35 heavy (non-hydrogen) atoms. The summed E-state index contributed by atoms with van der Waals surface area (Å²) < 4.78 is 14.7. The molecule has 3 aliphatic heterocycles. The Labute approximate surface area is 203 Å². The van der Waals surface area contributed by atoms with Crippen molar-refractivity contribution < 1.29 is 18.8 Å². The number of aromatic nitrogens is 1. The van der Waals surface area contributed by atoms with Crippen LogP contribution in [0.25, 0.3) is 0 Å². The van der Waals surface area contributed by atoms with E-state index in [1.54, 1.807) is 46.5 Å². The molecule has 3 saturated heterocycles. The van der Waals surface area contributed by atoms with Gasteiger partial charge in [-0.25, -0.2) is 9.82 Å². The Morgan fingerprint density at radius 1 is 1.03 bits per heavy atom. The molecule has 3 N–H and O–H groups in total. The predicted octanol–water partition coefficient (Wildman–Crippen LogP) is 0.733. The molecule has 5 rings (SSSR count). The Bertz CT molecular complexity index is 1110. The van der Waals surface area contributed by atoms with Crippen molar-refractivity contribution in [2.45, 2.75) is 31.3 Å². The molecule has 3 aliphatic rings. The first-order valence-corrected chi connectivity index (χ1v) is 12.1. The van der Waals surface area contributed by atoms with Crippen LogP contribution in [0.2, 0.25) is 0 Å². The number of nitrogens with one attached hydrogen (secondary N) is 3. The van der Waals surface area contributed by atoms with Crippen molar-refractivity contribution in [1.29, 1.82) is 0 Å². The van der Waals surface area contributed by atoms with Gasteiger partial charge in [-0.2, -0.15) is 0 Å². The zero-order chi connectivity index (χ0) is 24.4. The second kappa shape index (κ2) is 10.1. The number of carbonyl (C=O) groups is 3. The van der Waals surface area contributed by atoms with E-state index < -0.39 is 5.82 Å². The molecule has 1 aromatic carbocycles. The molecule has 0 aliphatic carbocycles. The number of hydrogen-bond donors (Lipinski definition) is 3. The molecule has 9 nitrogen and oxygen atoms in total. The Hall–Kier alpha value is -3.37. The van der Waals surface area contributed by atoms with E-state index in [4.69, 9.17) is 0 Å². The summed E-state index contributed by atoms with van der Waals surface area (Å²) in [6, 6.07) is 7.90. The average Bonchev–Trinajstić information content (AvgIpc) is 2.91. The van der Waals surface area contributed by atoms with Crippen LogP contribution in [0, 0.1) is 11.7 Å². The smallest absolute Gasteiger partial charge is 0.256 e. The van der Waals surface area contributed by atoms with E-state index in [-0.39, 0.29) is 41.3 Å². The Balaban J connectivity index is 1.24. The van der Waals surface area contributed by atoms with Gasteiger partial charge in [0.2, 0.25) is 5.91 Å². The molecule has 184 valence electrons. The third-order valence-corrected chi connectivity index (χ3v) is 7.15. The van der Waals surface area contributed by atoms with Gasteiger partial charge in [0.05, 0.1) is 11.5 Å². The average molecular weight is 481 g/mol. The number of hydrogen-bond acceptors (Lipinski definition) is 6. The molecular weight excluding hydrogens is 451 g/mol. The molecule has 3 atom stereocenters. The van der Waals surface area contributed by atoms with E-state index in [9.17, 15) is 18.8 Å². The Morgan fingerprint density at radius 3 is 2.49 bits per heavy atom. The van der Waals surface area contributed by atoms with E-state index in [1.807, 2.05) is 0 Å². The highest BCUT2D eigenvalue weighted by molar-refractivity contribution is 5.96. The molecule has 3 unspecified atom stereocenters. The summed E-state index contributed by atoms with van der Waals surface area (Å²) in [6.07, 6.45) is 5.49. The van der Waals surface area contributed by atoms with E-state index in [2.05, 4.69) is 21.2 Å². The van der Waals surface area contributed by atoms with Gasteiger partial charge in [-0.3, -0.25) is 24.8 Å². The van der Waals surface area contributed by atoms with Crippen LogP contribution in [-0.2, 0) is 11.2 Å². The molecule has 3 amide bonds. The Kier molecular flexibility index (Phi) is 6.74. The Morgan fingerprint density at radius 2 is 1.74 bits per heavy atom. The maximum absolute atomic E-state index is 14.7. The number of piperidine rings is 1.